The Labute approximate surface area is 102 Å². The molecule has 1 aliphatic heterocycles. The van der Waals surface area contributed by atoms with Crippen LogP contribution in [-0.2, 0) is 14.3 Å². The van der Waals surface area contributed by atoms with Gasteiger partial charge in [0, 0.05) is 20.2 Å². The lowest BCUT2D eigenvalue weighted by molar-refractivity contribution is -0.133. The zero-order chi connectivity index (χ0) is 13.5. The highest BCUT2D eigenvalue weighted by Crippen LogP contribution is 2.14. The van der Waals surface area contributed by atoms with Crippen molar-refractivity contribution in [3.63, 3.8) is 0 Å². The van der Waals surface area contributed by atoms with Crippen LogP contribution in [0.5, 0.6) is 0 Å². The molecular formula is C12H20N2O3. The van der Waals surface area contributed by atoms with Crippen LogP contribution in [0.4, 0.5) is 0 Å². The second-order valence-electron chi connectivity index (χ2n) is 4.87. The Morgan fingerprint density at radius 3 is 2.29 bits per heavy atom. The number of Topliss-reactive ketones (excluding diaryl/α,β-unsaturated/α-hetero) is 1. The number of carbonyl (C=O) groups excluding carboxylic acids is 2. The predicted molar refractivity (Wildman–Crippen MR) is 63.1 cm³/mol. The van der Waals surface area contributed by atoms with E-state index in [1.54, 1.807) is 13.2 Å². The molecule has 0 aliphatic carbocycles. The zero-order valence-electron chi connectivity index (χ0n) is 10.9. The van der Waals surface area contributed by atoms with E-state index < -0.39 is 0 Å². The molecule has 0 atom stereocenters. The fraction of sp³-hybridized carbons (Fsp3) is 0.750. The molecule has 96 valence electrons. The SMILES string of the molecule is COC(C)(C)C.N#CCC(=O)C1CN(C=O)C1. The maximum atomic E-state index is 10.9. The van der Waals surface area contributed by atoms with E-state index in [2.05, 4.69) is 0 Å². The molecule has 0 bridgehead atoms. The summed E-state index contributed by atoms with van der Waals surface area (Å²) >= 11 is 0. The first-order valence-corrected chi connectivity index (χ1v) is 5.48. The quantitative estimate of drug-likeness (QED) is 0.690. The molecule has 1 amide bonds. The lowest BCUT2D eigenvalue weighted by Crippen LogP contribution is -2.49. The summed E-state index contributed by atoms with van der Waals surface area (Å²) < 4.78 is 4.94. The van der Waals surface area contributed by atoms with E-state index in [-0.39, 0.29) is 23.7 Å². The van der Waals surface area contributed by atoms with Crippen molar-refractivity contribution in [2.75, 3.05) is 20.2 Å². The van der Waals surface area contributed by atoms with E-state index in [9.17, 15) is 9.59 Å². The highest BCUT2D eigenvalue weighted by atomic mass is 16.5. The number of amides is 1. The van der Waals surface area contributed by atoms with Crippen molar-refractivity contribution in [2.24, 2.45) is 5.92 Å². The van der Waals surface area contributed by atoms with Crippen LogP contribution in [0.1, 0.15) is 27.2 Å². The Hall–Kier alpha value is -1.41. The summed E-state index contributed by atoms with van der Waals surface area (Å²) in [5, 5.41) is 8.17. The van der Waals surface area contributed by atoms with Gasteiger partial charge in [-0.2, -0.15) is 5.26 Å². The fourth-order valence-corrected chi connectivity index (χ4v) is 1.02. The van der Waals surface area contributed by atoms with E-state index in [0.717, 1.165) is 6.41 Å². The molecule has 0 saturated carbocycles. The molecule has 0 radical (unpaired) electrons. The summed E-state index contributed by atoms with van der Waals surface area (Å²) in [6, 6.07) is 1.79. The molecule has 1 aliphatic rings. The first-order valence-electron chi connectivity index (χ1n) is 5.48. The molecule has 1 fully saturated rings. The van der Waals surface area contributed by atoms with E-state index >= 15 is 0 Å². The molecule has 0 N–H and O–H groups in total. The number of rotatable bonds is 3. The van der Waals surface area contributed by atoms with Gasteiger partial charge in [-0.1, -0.05) is 0 Å². The van der Waals surface area contributed by atoms with Gasteiger partial charge in [0.2, 0.25) is 6.41 Å². The van der Waals surface area contributed by atoms with Crippen LogP contribution in [0.3, 0.4) is 0 Å². The number of nitriles is 1. The van der Waals surface area contributed by atoms with Crippen LogP contribution in [0.15, 0.2) is 0 Å². The number of hydrogen-bond donors (Lipinski definition) is 0. The number of ketones is 1. The lowest BCUT2D eigenvalue weighted by Gasteiger charge is -2.34. The molecule has 1 rings (SSSR count). The van der Waals surface area contributed by atoms with Crippen LogP contribution in [-0.4, -0.2) is 42.9 Å². The first-order chi connectivity index (χ1) is 7.84. The molecule has 5 nitrogen and oxygen atoms in total. The predicted octanol–water partition coefficient (Wildman–Crippen LogP) is 0.989. The number of methoxy groups -OCH3 is 1. The molecule has 0 spiro atoms. The third-order valence-corrected chi connectivity index (χ3v) is 2.38. The maximum Gasteiger partial charge on any atom is 0.209 e. The van der Waals surface area contributed by atoms with Crippen LogP contribution in [0, 0.1) is 17.2 Å². The van der Waals surface area contributed by atoms with Gasteiger partial charge in [-0.15, -0.1) is 0 Å². The van der Waals surface area contributed by atoms with E-state index in [0.29, 0.717) is 13.1 Å². The summed E-state index contributed by atoms with van der Waals surface area (Å²) in [6.45, 7) is 7.04. The van der Waals surface area contributed by atoms with Gasteiger partial charge in [0.05, 0.1) is 24.0 Å². The van der Waals surface area contributed by atoms with Crippen LogP contribution >= 0.6 is 0 Å². The van der Waals surface area contributed by atoms with Gasteiger partial charge in [-0.3, -0.25) is 9.59 Å². The Balaban J connectivity index is 0.000000366. The second-order valence-corrected chi connectivity index (χ2v) is 4.87. The first kappa shape index (κ1) is 15.6. The molecule has 0 aromatic carbocycles. The standard InChI is InChI=1S/C7H8N2O2.C5H12O/c8-2-1-7(11)6-3-9(4-6)5-10;1-5(2,3)6-4/h5-6H,1,3-4H2;1-4H3. The van der Waals surface area contributed by atoms with Crippen molar-refractivity contribution in [1.82, 2.24) is 4.90 Å². The van der Waals surface area contributed by atoms with Gasteiger partial charge >= 0.3 is 0 Å². The molecule has 1 heterocycles. The number of likely N-dealkylation sites (tertiary alicyclic amines) is 1. The average molecular weight is 240 g/mol. The van der Waals surface area contributed by atoms with Crippen LogP contribution in [0.25, 0.3) is 0 Å². The van der Waals surface area contributed by atoms with E-state index in [1.165, 1.54) is 4.90 Å². The topological polar surface area (TPSA) is 70.4 Å². The van der Waals surface area contributed by atoms with Crippen LogP contribution in [0.2, 0.25) is 0 Å². The molecule has 1 saturated heterocycles. The van der Waals surface area contributed by atoms with Gasteiger partial charge in [0.25, 0.3) is 0 Å². The van der Waals surface area contributed by atoms with Gasteiger partial charge in [0.15, 0.2) is 5.78 Å². The van der Waals surface area contributed by atoms with Gasteiger partial charge < -0.3 is 9.64 Å². The number of ether oxygens (including phenoxy) is 1. The summed E-state index contributed by atoms with van der Waals surface area (Å²) in [6.07, 6.45) is 0.688. The third kappa shape index (κ3) is 6.69. The summed E-state index contributed by atoms with van der Waals surface area (Å²) in [5.41, 5.74) is 0.0417. The highest BCUT2D eigenvalue weighted by Gasteiger charge is 2.30. The van der Waals surface area contributed by atoms with Crippen molar-refractivity contribution in [2.45, 2.75) is 32.8 Å². The van der Waals surface area contributed by atoms with Crippen molar-refractivity contribution < 1.29 is 14.3 Å². The van der Waals surface area contributed by atoms with Crippen molar-refractivity contribution in [3.8, 4) is 6.07 Å². The molecule has 5 heteroatoms. The van der Waals surface area contributed by atoms with Crippen LogP contribution < -0.4 is 0 Å². The van der Waals surface area contributed by atoms with Gasteiger partial charge in [0.1, 0.15) is 0 Å². The maximum absolute atomic E-state index is 10.9. The minimum atomic E-state index is -0.0835. The monoisotopic (exact) mass is 240 g/mol. The third-order valence-electron chi connectivity index (χ3n) is 2.38. The second kappa shape index (κ2) is 7.02. The summed E-state index contributed by atoms with van der Waals surface area (Å²) in [4.78, 5) is 22.5. The molecule has 0 aromatic heterocycles. The molecule has 17 heavy (non-hydrogen) atoms. The highest BCUT2D eigenvalue weighted by molar-refractivity contribution is 5.84. The Morgan fingerprint density at radius 1 is 1.53 bits per heavy atom. The molecule has 0 unspecified atom stereocenters. The minimum absolute atomic E-state index is 0.0304. The normalized spacial score (nSPS) is 15.1. The fourth-order valence-electron chi connectivity index (χ4n) is 1.02. The smallest absolute Gasteiger partial charge is 0.209 e. The Morgan fingerprint density at radius 2 is 2.00 bits per heavy atom. The van der Waals surface area contributed by atoms with E-state index in [1.807, 2.05) is 20.8 Å². The Kier molecular flexibility index (Phi) is 6.44. The van der Waals surface area contributed by atoms with E-state index in [4.69, 9.17) is 10.00 Å². The average Bonchev–Trinajstić information content (AvgIpc) is 2.16. The number of carbonyl (C=O) groups is 2. The zero-order valence-corrected chi connectivity index (χ0v) is 10.9. The lowest BCUT2D eigenvalue weighted by atomic mass is 9.94. The van der Waals surface area contributed by atoms with Gasteiger partial charge in [-0.05, 0) is 20.8 Å². The summed E-state index contributed by atoms with van der Waals surface area (Å²) in [5.74, 6) is -0.134. The van der Waals surface area contributed by atoms with Crippen molar-refractivity contribution in [1.29, 1.82) is 5.26 Å². The number of nitrogens with zero attached hydrogens (tertiary/aromatic N) is 2. The Bertz CT molecular complexity index is 296. The molecule has 0 aromatic rings. The molecular weight excluding hydrogens is 220 g/mol. The van der Waals surface area contributed by atoms with Crippen molar-refractivity contribution in [3.05, 3.63) is 0 Å². The summed E-state index contributed by atoms with van der Waals surface area (Å²) in [7, 11) is 1.71. The van der Waals surface area contributed by atoms with Gasteiger partial charge in [-0.25, -0.2) is 0 Å². The van der Waals surface area contributed by atoms with Crippen molar-refractivity contribution >= 4 is 12.2 Å². The largest absolute Gasteiger partial charge is 0.379 e. The number of hydrogen-bond acceptors (Lipinski definition) is 4. The minimum Gasteiger partial charge on any atom is -0.379 e.